The van der Waals surface area contributed by atoms with Crippen LogP contribution in [0.5, 0.6) is 0 Å². The summed E-state index contributed by atoms with van der Waals surface area (Å²) in [6, 6.07) is 3.29. The summed E-state index contributed by atoms with van der Waals surface area (Å²) in [5.74, 6) is -3.42. The number of carbonyl (C=O) groups excluding carboxylic acids is 4. The molecule has 35 heavy (non-hydrogen) atoms. The van der Waals surface area contributed by atoms with Crippen molar-refractivity contribution in [3.8, 4) is 0 Å². The molecule has 0 aromatic heterocycles. The number of nitrogens with zero attached hydrogens (tertiary/aromatic N) is 1. The molecule has 0 aliphatic carbocycles. The van der Waals surface area contributed by atoms with Crippen LogP contribution in [0.25, 0.3) is 0 Å². The number of hydrogen-bond acceptors (Lipinski definition) is 5. The van der Waals surface area contributed by atoms with Crippen LogP contribution in [0.2, 0.25) is 30.1 Å². The Morgan fingerprint density at radius 3 is 2.03 bits per heavy atom. The largest absolute Gasteiger partial charge is 0.454 e. The second kappa shape index (κ2) is 11.5. The molecule has 0 saturated carbocycles. The Kier molecular flexibility index (Phi) is 9.18. The molecule has 0 radical (unpaired) electrons. The first-order valence-electron chi connectivity index (χ1n) is 10.2. The molecule has 0 bridgehead atoms. The molecule has 0 fully saturated rings. The molecule has 0 saturated heterocycles. The monoisotopic (exact) mass is 598 g/mol. The Hall–Kier alpha value is -1.74. The zero-order valence-electron chi connectivity index (χ0n) is 17.9. The third kappa shape index (κ3) is 5.50. The highest BCUT2D eigenvalue weighted by Crippen LogP contribution is 2.45. The predicted molar refractivity (Wildman–Crippen MR) is 136 cm³/mol. The molecule has 1 atom stereocenters. The molecule has 0 unspecified atom stereocenters. The van der Waals surface area contributed by atoms with Gasteiger partial charge in [-0.05, 0) is 18.6 Å². The normalized spacial score (nSPS) is 13.6. The second-order valence-electron chi connectivity index (χ2n) is 7.40. The van der Waals surface area contributed by atoms with Gasteiger partial charge in [0.05, 0.1) is 47.0 Å². The van der Waals surface area contributed by atoms with Gasteiger partial charge in [0, 0.05) is 0 Å². The van der Waals surface area contributed by atoms with Gasteiger partial charge in [-0.25, -0.2) is 4.79 Å². The molecule has 3 amide bonds. The van der Waals surface area contributed by atoms with Crippen LogP contribution in [-0.2, 0) is 14.3 Å². The highest BCUT2D eigenvalue weighted by atomic mass is 35.5. The van der Waals surface area contributed by atoms with E-state index in [1.807, 2.05) is 6.92 Å². The second-order valence-corrected chi connectivity index (χ2v) is 9.70. The van der Waals surface area contributed by atoms with E-state index in [1.165, 1.54) is 6.07 Å². The number of nitrogens with one attached hydrogen (secondary N) is 1. The number of esters is 1. The van der Waals surface area contributed by atoms with Gasteiger partial charge in [0.2, 0.25) is 0 Å². The van der Waals surface area contributed by atoms with Crippen molar-refractivity contribution in [1.29, 1.82) is 0 Å². The van der Waals surface area contributed by atoms with Crippen molar-refractivity contribution in [2.75, 3.05) is 11.9 Å². The quantitative estimate of drug-likeness (QED) is 0.153. The lowest BCUT2D eigenvalue weighted by Crippen LogP contribution is -2.46. The van der Waals surface area contributed by atoms with Gasteiger partial charge in [0.15, 0.2) is 6.61 Å². The number of amides is 3. The van der Waals surface area contributed by atoms with E-state index in [4.69, 9.17) is 74.3 Å². The van der Waals surface area contributed by atoms with E-state index >= 15 is 0 Å². The van der Waals surface area contributed by atoms with Crippen molar-refractivity contribution < 1.29 is 23.9 Å². The van der Waals surface area contributed by atoms with Crippen molar-refractivity contribution in [1.82, 2.24) is 4.90 Å². The number of halogens is 6. The van der Waals surface area contributed by atoms with Gasteiger partial charge >= 0.3 is 5.97 Å². The van der Waals surface area contributed by atoms with Crippen LogP contribution in [0.1, 0.15) is 46.9 Å². The van der Waals surface area contributed by atoms with E-state index in [-0.39, 0.29) is 53.4 Å². The summed E-state index contributed by atoms with van der Waals surface area (Å²) in [4.78, 5) is 52.3. The number of fused-ring (bicyclic) bond motifs is 1. The third-order valence-corrected chi connectivity index (χ3v) is 7.74. The first kappa shape index (κ1) is 27.8. The summed E-state index contributed by atoms with van der Waals surface area (Å²) < 4.78 is 5.13. The molecule has 3 rings (SSSR count). The Morgan fingerprint density at radius 2 is 1.49 bits per heavy atom. The van der Waals surface area contributed by atoms with Crippen molar-refractivity contribution in [2.45, 2.75) is 32.2 Å². The topological polar surface area (TPSA) is 92.8 Å². The Balaban J connectivity index is 1.81. The minimum Gasteiger partial charge on any atom is -0.454 e. The summed E-state index contributed by atoms with van der Waals surface area (Å²) >= 11 is 36.4. The van der Waals surface area contributed by atoms with Gasteiger partial charge in [0.1, 0.15) is 6.04 Å². The Bertz CT molecular complexity index is 1190. The predicted octanol–water partition coefficient (Wildman–Crippen LogP) is 6.94. The van der Waals surface area contributed by atoms with Gasteiger partial charge in [0.25, 0.3) is 17.7 Å². The maximum absolute atomic E-state index is 13.1. The van der Waals surface area contributed by atoms with Crippen molar-refractivity contribution in [2.24, 2.45) is 0 Å². The molecule has 1 N–H and O–H groups in total. The fourth-order valence-electron chi connectivity index (χ4n) is 3.42. The number of carbonyl (C=O) groups is 4. The molecule has 0 spiro atoms. The summed E-state index contributed by atoms with van der Waals surface area (Å²) in [6.07, 6.45) is 1.21. The molecular weight excluding hydrogens is 585 g/mol. The van der Waals surface area contributed by atoms with Crippen LogP contribution in [0, 0.1) is 0 Å². The number of ether oxygens (including phenoxy) is 1. The lowest BCUT2D eigenvalue weighted by atomic mass is 10.1. The molecule has 186 valence electrons. The zero-order chi connectivity index (χ0) is 26.0. The molecule has 7 nitrogen and oxygen atoms in total. The van der Waals surface area contributed by atoms with E-state index in [0.29, 0.717) is 17.7 Å². The van der Waals surface area contributed by atoms with Gasteiger partial charge in [-0.2, -0.15) is 0 Å². The Labute approximate surface area is 230 Å². The van der Waals surface area contributed by atoms with Crippen LogP contribution in [0.4, 0.5) is 5.69 Å². The fraction of sp³-hybridized carbons (Fsp3) is 0.273. The summed E-state index contributed by atoms with van der Waals surface area (Å²) in [6.45, 7) is 1.16. The SMILES string of the molecule is CCCC[C@H](C(=O)OCC(=O)Nc1cccc(Cl)c1Cl)N1C(=O)c2c(Cl)c(Cl)c(Cl)c(Cl)c2C1=O. The van der Waals surface area contributed by atoms with Crippen LogP contribution >= 0.6 is 69.6 Å². The first-order valence-corrected chi connectivity index (χ1v) is 12.4. The van der Waals surface area contributed by atoms with Crippen molar-refractivity contribution >= 4 is 99.0 Å². The molecule has 1 aliphatic heterocycles. The maximum atomic E-state index is 13.1. The highest BCUT2D eigenvalue weighted by molar-refractivity contribution is 6.55. The lowest BCUT2D eigenvalue weighted by molar-refractivity contribution is -0.151. The molecule has 2 aromatic rings. The lowest BCUT2D eigenvalue weighted by Gasteiger charge is -2.24. The van der Waals surface area contributed by atoms with E-state index < -0.39 is 36.3 Å². The van der Waals surface area contributed by atoms with E-state index in [1.54, 1.807) is 12.1 Å². The van der Waals surface area contributed by atoms with Crippen LogP contribution in [0.15, 0.2) is 18.2 Å². The number of imide groups is 1. The fourth-order valence-corrected chi connectivity index (χ4v) is 4.78. The zero-order valence-corrected chi connectivity index (χ0v) is 22.4. The average molecular weight is 601 g/mol. The summed E-state index contributed by atoms with van der Waals surface area (Å²) in [7, 11) is 0. The number of unbranched alkanes of at least 4 members (excludes halogenated alkanes) is 1. The third-order valence-electron chi connectivity index (χ3n) is 5.12. The van der Waals surface area contributed by atoms with Gasteiger partial charge in [-0.3, -0.25) is 19.3 Å². The molecule has 1 aliphatic rings. The van der Waals surface area contributed by atoms with Gasteiger partial charge < -0.3 is 10.1 Å². The van der Waals surface area contributed by atoms with Crippen molar-refractivity contribution in [3.63, 3.8) is 0 Å². The highest BCUT2D eigenvalue weighted by Gasteiger charge is 2.47. The minimum absolute atomic E-state index is 0.0826. The van der Waals surface area contributed by atoms with Crippen molar-refractivity contribution in [3.05, 3.63) is 59.5 Å². The summed E-state index contributed by atoms with van der Waals surface area (Å²) in [5, 5.41) is 1.93. The molecular formula is C22H16Cl6N2O5. The first-order chi connectivity index (χ1) is 16.5. The van der Waals surface area contributed by atoms with Gasteiger partial charge in [-0.15, -0.1) is 0 Å². The van der Waals surface area contributed by atoms with E-state index in [0.717, 1.165) is 0 Å². The minimum atomic E-state index is -1.34. The Morgan fingerprint density at radius 1 is 0.914 bits per heavy atom. The number of rotatable bonds is 8. The number of hydrogen-bond donors (Lipinski definition) is 1. The standard InChI is InChI=1S/C22H16Cl6N2O5/c1-2-3-7-11(22(34)35-8-12(31)29-10-6-4-5-9(23)15(10)24)30-20(32)13-14(21(30)33)17(26)19(28)18(27)16(13)25/h4-6,11H,2-3,7-8H2,1H3,(H,29,31)/t11-/m1/s1. The van der Waals surface area contributed by atoms with Crippen LogP contribution in [0.3, 0.4) is 0 Å². The molecule has 2 aromatic carbocycles. The number of benzene rings is 2. The van der Waals surface area contributed by atoms with Crippen LogP contribution < -0.4 is 5.32 Å². The number of anilines is 1. The smallest absolute Gasteiger partial charge is 0.329 e. The summed E-state index contributed by atoms with van der Waals surface area (Å²) in [5.41, 5.74) is -0.279. The maximum Gasteiger partial charge on any atom is 0.329 e. The van der Waals surface area contributed by atoms with Crippen LogP contribution in [-0.4, -0.2) is 41.2 Å². The van der Waals surface area contributed by atoms with E-state index in [2.05, 4.69) is 5.32 Å². The molecule has 1 heterocycles. The molecule has 13 heteroatoms. The van der Waals surface area contributed by atoms with E-state index in [9.17, 15) is 19.2 Å². The average Bonchev–Trinajstić information content (AvgIpc) is 3.08. The van der Waals surface area contributed by atoms with Gasteiger partial charge in [-0.1, -0.05) is 95.4 Å².